The van der Waals surface area contributed by atoms with Crippen molar-refractivity contribution in [3.05, 3.63) is 42.2 Å². The second-order valence-corrected chi connectivity index (χ2v) is 10.4. The van der Waals surface area contributed by atoms with Gasteiger partial charge in [0, 0.05) is 42.9 Å². The summed E-state index contributed by atoms with van der Waals surface area (Å²) < 4.78 is 17.6. The van der Waals surface area contributed by atoms with E-state index in [1.807, 2.05) is 18.2 Å². The molecule has 2 N–H and O–H groups in total. The van der Waals surface area contributed by atoms with Crippen LogP contribution in [0.15, 0.2) is 41.8 Å². The van der Waals surface area contributed by atoms with E-state index in [0.717, 1.165) is 37.0 Å². The number of amides is 3. The van der Waals surface area contributed by atoms with Gasteiger partial charge in [0.2, 0.25) is 12.0 Å². The number of rotatable bonds is 8. The molecule has 2 aliphatic heterocycles. The summed E-state index contributed by atoms with van der Waals surface area (Å²) in [6.07, 6.45) is 6.13. The summed E-state index contributed by atoms with van der Waals surface area (Å²) in [6, 6.07) is 7.35. The number of hydrazone groups is 1. The van der Waals surface area contributed by atoms with E-state index < -0.39 is 12.2 Å². The average molecular weight is 553 g/mol. The van der Waals surface area contributed by atoms with Crippen molar-refractivity contribution >= 4 is 23.6 Å². The fraction of sp³-hybridized carbons (Fsp3) is 0.536. The quantitative estimate of drug-likeness (QED) is 0.530. The van der Waals surface area contributed by atoms with Gasteiger partial charge in [-0.05, 0) is 49.9 Å². The number of aromatic nitrogens is 2. The molecule has 3 heterocycles. The van der Waals surface area contributed by atoms with Crippen LogP contribution < -0.4 is 15.2 Å². The van der Waals surface area contributed by atoms with Crippen LogP contribution in [0.2, 0.25) is 0 Å². The Labute approximate surface area is 233 Å². The highest BCUT2D eigenvalue weighted by atomic mass is 16.6. The zero-order chi connectivity index (χ0) is 28.2. The molecular formula is C28H36N6O6. The molecule has 1 saturated heterocycles. The Hall–Kier alpha value is -4.09. The van der Waals surface area contributed by atoms with Gasteiger partial charge in [-0.25, -0.2) is 9.80 Å². The maximum absolute atomic E-state index is 13.7. The van der Waals surface area contributed by atoms with Gasteiger partial charge in [-0.2, -0.15) is 10.2 Å². The van der Waals surface area contributed by atoms with E-state index in [0.29, 0.717) is 37.4 Å². The molecule has 3 aliphatic rings. The van der Waals surface area contributed by atoms with Crippen molar-refractivity contribution in [2.45, 2.75) is 57.2 Å². The Balaban J connectivity index is 1.34. The number of likely N-dealkylation sites (tertiary alicyclic amines) is 1. The Morgan fingerprint density at radius 2 is 1.77 bits per heavy atom. The molecule has 3 amide bonds. The van der Waals surface area contributed by atoms with E-state index in [2.05, 4.69) is 5.10 Å². The molecular weight excluding hydrogens is 516 g/mol. The smallest absolute Gasteiger partial charge is 0.405 e. The first-order chi connectivity index (χ1) is 19.4. The number of hydrogen-bond donors (Lipinski definition) is 1. The Morgan fingerprint density at radius 1 is 1.05 bits per heavy atom. The van der Waals surface area contributed by atoms with Crippen LogP contribution >= 0.6 is 0 Å². The topological polar surface area (TPSA) is 142 Å². The zero-order valence-electron chi connectivity index (χ0n) is 22.9. The second-order valence-electron chi connectivity index (χ2n) is 10.4. The zero-order valence-corrected chi connectivity index (χ0v) is 22.9. The monoisotopic (exact) mass is 552 g/mol. The third kappa shape index (κ3) is 5.61. The molecule has 1 aliphatic carbocycles. The van der Waals surface area contributed by atoms with Crippen LogP contribution in [0, 0.1) is 11.8 Å². The summed E-state index contributed by atoms with van der Waals surface area (Å²) in [5, 5.41) is 10.7. The van der Waals surface area contributed by atoms with Gasteiger partial charge in [-0.15, -0.1) is 0 Å². The van der Waals surface area contributed by atoms with Crippen molar-refractivity contribution < 1.29 is 28.6 Å². The lowest BCUT2D eigenvalue weighted by atomic mass is 9.73. The van der Waals surface area contributed by atoms with Gasteiger partial charge in [0.25, 0.3) is 5.91 Å². The van der Waals surface area contributed by atoms with E-state index in [4.69, 9.17) is 25.0 Å². The molecule has 0 spiro atoms. The number of primary amides is 1. The molecule has 0 unspecified atom stereocenters. The minimum Gasteiger partial charge on any atom is -0.493 e. The van der Waals surface area contributed by atoms with Crippen molar-refractivity contribution in [1.29, 1.82) is 0 Å². The highest BCUT2D eigenvalue weighted by Gasteiger charge is 2.44. The van der Waals surface area contributed by atoms with Crippen LogP contribution in [0.5, 0.6) is 11.5 Å². The molecule has 3 atom stereocenters. The lowest BCUT2D eigenvalue weighted by Crippen LogP contribution is -2.54. The highest BCUT2D eigenvalue weighted by Crippen LogP contribution is 2.40. The Kier molecular flexibility index (Phi) is 8.22. The molecule has 0 bridgehead atoms. The van der Waals surface area contributed by atoms with Crippen LogP contribution in [-0.4, -0.2) is 82.8 Å². The SMILES string of the molecule is COc1ccc(C2=NN(C3CCN(C(=O)[C@H](Cn4cccn4)OC(N)=O)CC3)C(=O)[C@@H]3CCCC[C@H]23)cc1OC. The molecule has 0 radical (unpaired) electrons. The summed E-state index contributed by atoms with van der Waals surface area (Å²) in [4.78, 5) is 40.1. The van der Waals surface area contributed by atoms with Crippen molar-refractivity contribution in [3.8, 4) is 11.5 Å². The molecule has 1 aromatic carbocycles. The van der Waals surface area contributed by atoms with Gasteiger partial charge < -0.3 is 24.8 Å². The molecule has 40 heavy (non-hydrogen) atoms. The van der Waals surface area contributed by atoms with Crippen LogP contribution in [-0.2, 0) is 20.9 Å². The fourth-order valence-electron chi connectivity index (χ4n) is 6.11. The van der Waals surface area contributed by atoms with Crippen molar-refractivity contribution in [2.75, 3.05) is 27.3 Å². The predicted octanol–water partition coefficient (Wildman–Crippen LogP) is 2.41. The minimum atomic E-state index is -1.08. The highest BCUT2D eigenvalue weighted by molar-refractivity contribution is 6.07. The third-order valence-electron chi connectivity index (χ3n) is 8.12. The minimum absolute atomic E-state index is 0.0614. The Morgan fingerprint density at radius 3 is 2.42 bits per heavy atom. The standard InChI is InChI=1S/C28H36N6O6/c1-38-22-9-8-18(16-23(22)39-2)25-20-6-3-4-7-21(20)26(35)34(31-25)19-10-14-32(15-11-19)27(36)24(40-28(29)37)17-33-13-5-12-30-33/h5,8-9,12-13,16,19-21,24H,3-4,6-7,10-11,14-15,17H2,1-2H3,(H2,29,37)/t20-,21+,24-/m0/s1. The molecule has 2 aromatic rings. The molecule has 1 aromatic heterocycles. The first-order valence-corrected chi connectivity index (χ1v) is 13.8. The third-order valence-corrected chi connectivity index (χ3v) is 8.12. The summed E-state index contributed by atoms with van der Waals surface area (Å²) in [6.45, 7) is 0.877. The van der Waals surface area contributed by atoms with Gasteiger partial charge in [0.05, 0.1) is 32.5 Å². The summed E-state index contributed by atoms with van der Waals surface area (Å²) >= 11 is 0. The van der Waals surface area contributed by atoms with E-state index >= 15 is 0 Å². The first kappa shape index (κ1) is 27.5. The Bertz CT molecular complexity index is 1260. The van der Waals surface area contributed by atoms with Crippen LogP contribution in [0.1, 0.15) is 44.1 Å². The van der Waals surface area contributed by atoms with Crippen LogP contribution in [0.3, 0.4) is 0 Å². The van der Waals surface area contributed by atoms with E-state index in [-0.39, 0.29) is 36.2 Å². The number of fused-ring (bicyclic) bond motifs is 1. The number of carbonyl (C=O) groups is 3. The lowest BCUT2D eigenvalue weighted by molar-refractivity contribution is -0.146. The lowest BCUT2D eigenvalue weighted by Gasteiger charge is -2.43. The molecule has 12 nitrogen and oxygen atoms in total. The maximum atomic E-state index is 13.7. The van der Waals surface area contributed by atoms with Gasteiger partial charge in [-0.3, -0.25) is 14.3 Å². The number of carbonyl (C=O) groups excluding carboxylic acids is 3. The van der Waals surface area contributed by atoms with Crippen molar-refractivity contribution in [1.82, 2.24) is 19.7 Å². The summed E-state index contributed by atoms with van der Waals surface area (Å²) in [5.74, 6) is 0.932. The number of nitrogens with zero attached hydrogens (tertiary/aromatic N) is 5. The number of methoxy groups -OCH3 is 2. The normalized spacial score (nSPS) is 22.2. The number of hydrogen-bond acceptors (Lipinski definition) is 8. The number of nitrogens with two attached hydrogens (primary N) is 1. The molecule has 1 saturated carbocycles. The van der Waals surface area contributed by atoms with Crippen molar-refractivity contribution in [3.63, 3.8) is 0 Å². The van der Waals surface area contributed by atoms with Gasteiger partial charge in [0.1, 0.15) is 0 Å². The number of benzene rings is 1. The average Bonchev–Trinajstić information content (AvgIpc) is 3.49. The fourth-order valence-corrected chi connectivity index (χ4v) is 6.11. The maximum Gasteiger partial charge on any atom is 0.405 e. The second kappa shape index (κ2) is 12.0. The van der Waals surface area contributed by atoms with Gasteiger partial charge in [-0.1, -0.05) is 12.8 Å². The van der Waals surface area contributed by atoms with Gasteiger partial charge in [0.15, 0.2) is 11.5 Å². The largest absolute Gasteiger partial charge is 0.493 e. The first-order valence-electron chi connectivity index (χ1n) is 13.8. The number of ether oxygens (including phenoxy) is 3. The summed E-state index contributed by atoms with van der Waals surface area (Å²) in [7, 11) is 3.21. The molecule has 214 valence electrons. The molecule has 5 rings (SSSR count). The van der Waals surface area contributed by atoms with Gasteiger partial charge >= 0.3 is 6.09 Å². The van der Waals surface area contributed by atoms with Crippen LogP contribution in [0.4, 0.5) is 4.79 Å². The van der Waals surface area contributed by atoms with E-state index in [9.17, 15) is 14.4 Å². The molecule has 2 fully saturated rings. The number of piperidine rings is 1. The predicted molar refractivity (Wildman–Crippen MR) is 145 cm³/mol. The van der Waals surface area contributed by atoms with E-state index in [1.165, 1.54) is 4.68 Å². The van der Waals surface area contributed by atoms with Crippen LogP contribution in [0.25, 0.3) is 0 Å². The van der Waals surface area contributed by atoms with E-state index in [1.54, 1.807) is 42.6 Å². The molecule has 12 heteroatoms. The summed E-state index contributed by atoms with van der Waals surface area (Å²) in [5.41, 5.74) is 7.06. The van der Waals surface area contributed by atoms with Crippen molar-refractivity contribution in [2.24, 2.45) is 22.7 Å².